The van der Waals surface area contributed by atoms with E-state index < -0.39 is 0 Å². The fourth-order valence-corrected chi connectivity index (χ4v) is 1.45. The molecule has 4 nitrogen and oxygen atoms in total. The molecule has 0 aromatic heterocycles. The summed E-state index contributed by atoms with van der Waals surface area (Å²) in [6.07, 6.45) is 0. The number of ether oxygens (including phenoxy) is 1. The lowest BCUT2D eigenvalue weighted by atomic mass is 10.1. The molecule has 0 bridgehead atoms. The zero-order valence-corrected chi connectivity index (χ0v) is 10.6. The van der Waals surface area contributed by atoms with E-state index in [2.05, 4.69) is 0 Å². The lowest BCUT2D eigenvalue weighted by molar-refractivity contribution is -0.122. The molecule has 0 aliphatic carbocycles. The van der Waals surface area contributed by atoms with Gasteiger partial charge in [-0.25, -0.2) is 0 Å². The molecule has 1 amide bonds. The maximum absolute atomic E-state index is 10.9. The summed E-state index contributed by atoms with van der Waals surface area (Å²) in [5, 5.41) is 0. The molecular formula is C13H20N2O2. The van der Waals surface area contributed by atoms with E-state index in [1.807, 2.05) is 32.0 Å². The standard InChI is InChI=1S/C13H20N2O2/c1-8-4-5-12(11(6-8)10(3)14)17-7-9(2)13(15)16/h4-6,9-10H,7,14H2,1-3H3,(H2,15,16). The van der Waals surface area contributed by atoms with Crippen LogP contribution in [0.25, 0.3) is 0 Å². The summed E-state index contributed by atoms with van der Waals surface area (Å²) < 4.78 is 5.60. The quantitative estimate of drug-likeness (QED) is 0.813. The van der Waals surface area contributed by atoms with Crippen molar-refractivity contribution < 1.29 is 9.53 Å². The molecule has 0 saturated carbocycles. The Bertz CT molecular complexity index is 402. The topological polar surface area (TPSA) is 78.3 Å². The Hall–Kier alpha value is -1.55. The first-order chi connectivity index (χ1) is 7.91. The Kier molecular flexibility index (Phi) is 4.52. The van der Waals surface area contributed by atoms with E-state index in [0.29, 0.717) is 0 Å². The minimum absolute atomic E-state index is 0.103. The normalized spacial score (nSPS) is 14.1. The van der Waals surface area contributed by atoms with Crippen LogP contribution in [-0.4, -0.2) is 12.5 Å². The van der Waals surface area contributed by atoms with Crippen molar-refractivity contribution in [2.45, 2.75) is 26.8 Å². The third-order valence-electron chi connectivity index (χ3n) is 2.63. The zero-order chi connectivity index (χ0) is 13.0. The van der Waals surface area contributed by atoms with E-state index in [0.717, 1.165) is 16.9 Å². The molecule has 0 fully saturated rings. The maximum Gasteiger partial charge on any atom is 0.223 e. The van der Waals surface area contributed by atoms with Crippen LogP contribution in [0.5, 0.6) is 5.75 Å². The third-order valence-corrected chi connectivity index (χ3v) is 2.63. The number of rotatable bonds is 5. The Labute approximate surface area is 102 Å². The van der Waals surface area contributed by atoms with Gasteiger partial charge in [0.25, 0.3) is 0 Å². The average Bonchev–Trinajstić information content (AvgIpc) is 2.26. The Morgan fingerprint density at radius 3 is 2.59 bits per heavy atom. The molecule has 0 saturated heterocycles. The number of carbonyl (C=O) groups excluding carboxylic acids is 1. The second kappa shape index (κ2) is 5.68. The van der Waals surface area contributed by atoms with Gasteiger partial charge in [-0.3, -0.25) is 4.79 Å². The van der Waals surface area contributed by atoms with Crippen molar-refractivity contribution in [3.8, 4) is 5.75 Å². The van der Waals surface area contributed by atoms with Gasteiger partial charge < -0.3 is 16.2 Å². The predicted molar refractivity (Wildman–Crippen MR) is 67.6 cm³/mol. The van der Waals surface area contributed by atoms with Crippen molar-refractivity contribution in [2.75, 3.05) is 6.61 Å². The van der Waals surface area contributed by atoms with Gasteiger partial charge in [0.05, 0.1) is 12.5 Å². The minimum atomic E-state index is -0.362. The van der Waals surface area contributed by atoms with Gasteiger partial charge in [0.2, 0.25) is 5.91 Å². The van der Waals surface area contributed by atoms with Crippen molar-refractivity contribution in [2.24, 2.45) is 17.4 Å². The molecule has 1 aromatic carbocycles. The molecule has 0 radical (unpaired) electrons. The van der Waals surface area contributed by atoms with Crippen molar-refractivity contribution in [1.82, 2.24) is 0 Å². The van der Waals surface area contributed by atoms with Gasteiger partial charge in [0.15, 0.2) is 0 Å². The molecule has 17 heavy (non-hydrogen) atoms. The molecule has 4 N–H and O–H groups in total. The molecule has 2 unspecified atom stereocenters. The van der Waals surface area contributed by atoms with Gasteiger partial charge in [0, 0.05) is 11.6 Å². The first-order valence-electron chi connectivity index (χ1n) is 5.70. The highest BCUT2D eigenvalue weighted by atomic mass is 16.5. The number of hydrogen-bond acceptors (Lipinski definition) is 3. The van der Waals surface area contributed by atoms with Gasteiger partial charge in [0.1, 0.15) is 5.75 Å². The molecule has 0 spiro atoms. The van der Waals surface area contributed by atoms with Gasteiger partial charge in [-0.2, -0.15) is 0 Å². The molecule has 1 rings (SSSR count). The molecule has 2 atom stereocenters. The van der Waals surface area contributed by atoms with Crippen molar-refractivity contribution in [1.29, 1.82) is 0 Å². The second-order valence-corrected chi connectivity index (χ2v) is 4.44. The number of aryl methyl sites for hydroxylation is 1. The summed E-state index contributed by atoms with van der Waals surface area (Å²) in [6.45, 7) is 5.92. The van der Waals surface area contributed by atoms with Crippen LogP contribution in [0.4, 0.5) is 0 Å². The number of amides is 1. The molecule has 4 heteroatoms. The highest BCUT2D eigenvalue weighted by molar-refractivity contribution is 5.76. The van der Waals surface area contributed by atoms with Gasteiger partial charge in [-0.15, -0.1) is 0 Å². The number of primary amides is 1. The predicted octanol–water partition coefficient (Wildman–Crippen LogP) is 1.51. The highest BCUT2D eigenvalue weighted by Gasteiger charge is 2.12. The molecule has 1 aromatic rings. The lowest BCUT2D eigenvalue weighted by Crippen LogP contribution is -2.26. The van der Waals surface area contributed by atoms with Crippen molar-refractivity contribution >= 4 is 5.91 Å². The van der Waals surface area contributed by atoms with Crippen LogP contribution < -0.4 is 16.2 Å². The van der Waals surface area contributed by atoms with Crippen molar-refractivity contribution in [3.63, 3.8) is 0 Å². The Morgan fingerprint density at radius 2 is 2.06 bits per heavy atom. The van der Waals surface area contributed by atoms with Crippen LogP contribution in [-0.2, 0) is 4.79 Å². The summed E-state index contributed by atoms with van der Waals surface area (Å²) in [5.41, 5.74) is 13.1. The van der Waals surface area contributed by atoms with E-state index >= 15 is 0 Å². The Balaban J connectivity index is 2.80. The summed E-state index contributed by atoms with van der Waals surface area (Å²) in [7, 11) is 0. The summed E-state index contributed by atoms with van der Waals surface area (Å²) in [5.74, 6) is 0.0513. The van der Waals surface area contributed by atoms with Crippen LogP contribution in [0.1, 0.15) is 31.0 Å². The van der Waals surface area contributed by atoms with Crippen molar-refractivity contribution in [3.05, 3.63) is 29.3 Å². The maximum atomic E-state index is 10.9. The average molecular weight is 236 g/mol. The third kappa shape index (κ3) is 3.75. The summed E-state index contributed by atoms with van der Waals surface area (Å²) in [6, 6.07) is 5.72. The van der Waals surface area contributed by atoms with E-state index in [1.165, 1.54) is 0 Å². The highest BCUT2D eigenvalue weighted by Crippen LogP contribution is 2.25. The van der Waals surface area contributed by atoms with Crippen LogP contribution in [0.3, 0.4) is 0 Å². The molecule has 0 heterocycles. The molecule has 94 valence electrons. The summed E-state index contributed by atoms with van der Waals surface area (Å²) >= 11 is 0. The largest absolute Gasteiger partial charge is 0.492 e. The number of benzene rings is 1. The van der Waals surface area contributed by atoms with E-state index in [4.69, 9.17) is 16.2 Å². The zero-order valence-electron chi connectivity index (χ0n) is 10.6. The molecule has 0 aliphatic rings. The number of carbonyl (C=O) groups is 1. The van der Waals surface area contributed by atoms with E-state index in [9.17, 15) is 4.79 Å². The minimum Gasteiger partial charge on any atom is -0.492 e. The number of hydrogen-bond donors (Lipinski definition) is 2. The van der Waals surface area contributed by atoms with E-state index in [1.54, 1.807) is 6.92 Å². The van der Waals surface area contributed by atoms with Crippen LogP contribution in [0.15, 0.2) is 18.2 Å². The van der Waals surface area contributed by atoms with Gasteiger partial charge in [-0.05, 0) is 19.9 Å². The lowest BCUT2D eigenvalue weighted by Gasteiger charge is -2.16. The monoisotopic (exact) mass is 236 g/mol. The first kappa shape index (κ1) is 13.5. The van der Waals surface area contributed by atoms with E-state index in [-0.39, 0.29) is 24.5 Å². The fraction of sp³-hybridized carbons (Fsp3) is 0.462. The smallest absolute Gasteiger partial charge is 0.223 e. The van der Waals surface area contributed by atoms with Crippen LogP contribution in [0, 0.1) is 12.8 Å². The fourth-order valence-electron chi connectivity index (χ4n) is 1.45. The summed E-state index contributed by atoms with van der Waals surface area (Å²) in [4.78, 5) is 10.9. The second-order valence-electron chi connectivity index (χ2n) is 4.44. The van der Waals surface area contributed by atoms with Crippen LogP contribution in [0.2, 0.25) is 0 Å². The van der Waals surface area contributed by atoms with Crippen LogP contribution >= 0.6 is 0 Å². The Morgan fingerprint density at radius 1 is 1.41 bits per heavy atom. The SMILES string of the molecule is Cc1ccc(OCC(C)C(N)=O)c(C(C)N)c1. The first-order valence-corrected chi connectivity index (χ1v) is 5.70. The molecule has 0 aliphatic heterocycles. The number of nitrogens with two attached hydrogens (primary N) is 2. The van der Waals surface area contributed by atoms with Gasteiger partial charge >= 0.3 is 0 Å². The van der Waals surface area contributed by atoms with Gasteiger partial charge in [-0.1, -0.05) is 24.6 Å². The molecular weight excluding hydrogens is 216 g/mol.